The number of carbonyl (C=O) groups is 1. The van der Waals surface area contributed by atoms with E-state index in [-0.39, 0.29) is 17.2 Å². The fourth-order valence-corrected chi connectivity index (χ4v) is 6.68. The Hall–Kier alpha value is -4.58. The van der Waals surface area contributed by atoms with E-state index in [4.69, 9.17) is 0 Å². The van der Waals surface area contributed by atoms with Crippen LogP contribution in [0.2, 0.25) is 0 Å². The number of nitrogens with zero attached hydrogens (tertiary/aromatic N) is 5. The summed E-state index contributed by atoms with van der Waals surface area (Å²) in [5.41, 5.74) is 3.96. The molecule has 5 aromatic rings. The van der Waals surface area contributed by atoms with Crippen LogP contribution < -0.4 is 5.56 Å². The second-order valence-corrected chi connectivity index (χ2v) is 12.5. The van der Waals surface area contributed by atoms with Crippen molar-refractivity contribution < 1.29 is 22.4 Å². The van der Waals surface area contributed by atoms with Crippen LogP contribution in [0.4, 0.5) is 17.6 Å². The van der Waals surface area contributed by atoms with Crippen LogP contribution >= 0.6 is 11.8 Å². The predicted molar refractivity (Wildman–Crippen MR) is 171 cm³/mol. The number of Topliss-reactive ketones (excluding diaryl/α,β-unsaturated/α-hetero) is 1. The SMILES string of the molecule is CC(=O)CCc1nnc(Cn2c(SCc3ccc(F)cc3)nc(=O)c3c2CCC3)n1Cc1ccc(-c2ccc(C(F)(F)F)cc2)cc1. The molecule has 0 fully saturated rings. The van der Waals surface area contributed by atoms with Crippen LogP contribution in [-0.4, -0.2) is 30.1 Å². The summed E-state index contributed by atoms with van der Waals surface area (Å²) in [7, 11) is 0. The van der Waals surface area contributed by atoms with Crippen molar-refractivity contribution in [3.8, 4) is 11.1 Å². The lowest BCUT2D eigenvalue weighted by Crippen LogP contribution is -2.23. The van der Waals surface area contributed by atoms with Gasteiger partial charge in [-0.1, -0.05) is 60.3 Å². The van der Waals surface area contributed by atoms with Gasteiger partial charge in [-0.25, -0.2) is 4.39 Å². The van der Waals surface area contributed by atoms with Crippen LogP contribution in [-0.2, 0) is 49.1 Å². The minimum atomic E-state index is -4.40. The van der Waals surface area contributed by atoms with Crippen molar-refractivity contribution in [2.24, 2.45) is 0 Å². The lowest BCUT2D eigenvalue weighted by atomic mass is 10.0. The van der Waals surface area contributed by atoms with Gasteiger partial charge in [0.2, 0.25) is 0 Å². The first-order valence-electron chi connectivity index (χ1n) is 15.2. The Morgan fingerprint density at radius 3 is 2.13 bits per heavy atom. The number of ketones is 1. The van der Waals surface area contributed by atoms with Gasteiger partial charge in [0.05, 0.1) is 18.7 Å². The summed E-state index contributed by atoms with van der Waals surface area (Å²) in [5.74, 6) is 1.49. The lowest BCUT2D eigenvalue weighted by molar-refractivity contribution is -0.137. The number of rotatable bonds is 11. The van der Waals surface area contributed by atoms with Crippen LogP contribution in [0.5, 0.6) is 0 Å². The first-order valence-corrected chi connectivity index (χ1v) is 16.2. The molecule has 7 nitrogen and oxygen atoms in total. The molecule has 0 spiro atoms. The van der Waals surface area contributed by atoms with Crippen LogP contribution in [0.3, 0.4) is 0 Å². The van der Waals surface area contributed by atoms with Crippen LogP contribution in [0.15, 0.2) is 82.7 Å². The average molecular weight is 662 g/mol. The highest BCUT2D eigenvalue weighted by atomic mass is 32.2. The molecule has 6 rings (SSSR count). The predicted octanol–water partition coefficient (Wildman–Crippen LogP) is 7.06. The van der Waals surface area contributed by atoms with Gasteiger partial charge in [0.15, 0.2) is 11.0 Å². The van der Waals surface area contributed by atoms with Gasteiger partial charge in [-0.15, -0.1) is 10.2 Å². The van der Waals surface area contributed by atoms with E-state index >= 15 is 0 Å². The molecule has 12 heteroatoms. The number of alkyl halides is 3. The standard InChI is InChI=1S/C35H31F4N5O2S/c1-22(45)5-18-31-41-42-32(44(31)19-23-6-10-25(11-7-23)26-12-14-27(15-13-26)35(37,38)39)20-43-30-4-2-3-29(30)33(46)40-34(43)47-21-24-8-16-28(36)17-9-24/h6-17H,2-5,18-21H2,1H3. The van der Waals surface area contributed by atoms with Gasteiger partial charge in [0.25, 0.3) is 5.56 Å². The van der Waals surface area contributed by atoms with Gasteiger partial charge < -0.3 is 13.9 Å². The second kappa shape index (κ2) is 13.6. The third-order valence-electron chi connectivity index (χ3n) is 8.23. The first kappa shape index (κ1) is 32.4. The lowest BCUT2D eigenvalue weighted by Gasteiger charge is -2.18. The molecule has 242 valence electrons. The maximum atomic E-state index is 13.5. The van der Waals surface area contributed by atoms with Gasteiger partial charge in [0.1, 0.15) is 17.4 Å². The number of halogens is 4. The fourth-order valence-electron chi connectivity index (χ4n) is 5.71. The molecule has 0 radical (unpaired) electrons. The Morgan fingerprint density at radius 2 is 1.47 bits per heavy atom. The summed E-state index contributed by atoms with van der Waals surface area (Å²) in [5, 5.41) is 9.52. The third-order valence-corrected chi connectivity index (χ3v) is 9.27. The van der Waals surface area contributed by atoms with E-state index in [1.807, 2.05) is 33.4 Å². The van der Waals surface area contributed by atoms with Gasteiger partial charge in [0, 0.05) is 29.9 Å². The van der Waals surface area contributed by atoms with Crippen molar-refractivity contribution in [3.63, 3.8) is 0 Å². The number of thioether (sulfide) groups is 1. The molecule has 0 unspecified atom stereocenters. The summed E-state index contributed by atoms with van der Waals surface area (Å²) >= 11 is 1.40. The molecule has 47 heavy (non-hydrogen) atoms. The summed E-state index contributed by atoms with van der Waals surface area (Å²) < 4.78 is 56.5. The maximum absolute atomic E-state index is 13.5. The highest BCUT2D eigenvalue weighted by Crippen LogP contribution is 2.31. The van der Waals surface area contributed by atoms with E-state index in [1.165, 1.54) is 43.0 Å². The smallest absolute Gasteiger partial charge is 0.316 e. The Morgan fingerprint density at radius 1 is 0.830 bits per heavy atom. The number of hydrogen-bond donors (Lipinski definition) is 0. The molecule has 1 aliphatic rings. The van der Waals surface area contributed by atoms with Crippen LogP contribution in [0.25, 0.3) is 11.1 Å². The number of fused-ring (bicyclic) bond motifs is 1. The van der Waals surface area contributed by atoms with Gasteiger partial charge in [-0.3, -0.25) is 4.79 Å². The van der Waals surface area contributed by atoms with Crippen molar-refractivity contribution >= 4 is 17.5 Å². The molecule has 0 N–H and O–H groups in total. The first-order chi connectivity index (χ1) is 22.5. The van der Waals surface area contributed by atoms with Crippen LogP contribution in [0.1, 0.15) is 59.4 Å². The molecule has 1 aliphatic carbocycles. The molecule has 3 aromatic carbocycles. The van der Waals surface area contributed by atoms with Gasteiger partial charge in [-0.2, -0.15) is 18.2 Å². The largest absolute Gasteiger partial charge is 0.416 e. The van der Waals surface area contributed by atoms with Gasteiger partial charge >= 0.3 is 6.18 Å². The molecule has 0 aliphatic heterocycles. The van der Waals surface area contributed by atoms with Crippen molar-refractivity contribution in [2.75, 3.05) is 0 Å². The van der Waals surface area contributed by atoms with Crippen LogP contribution in [0, 0.1) is 5.82 Å². The van der Waals surface area contributed by atoms with E-state index in [9.17, 15) is 27.2 Å². The van der Waals surface area contributed by atoms with E-state index in [0.717, 1.165) is 47.4 Å². The zero-order chi connectivity index (χ0) is 33.1. The normalized spacial score (nSPS) is 12.8. The minimum absolute atomic E-state index is 0.0314. The number of aryl methyl sites for hydroxylation is 1. The summed E-state index contributed by atoms with van der Waals surface area (Å²) in [6.07, 6.45) is -1.45. The molecular formula is C35H31F4N5O2S. The average Bonchev–Trinajstić information content (AvgIpc) is 3.69. The number of hydrogen-bond acceptors (Lipinski definition) is 6. The molecule has 0 atom stereocenters. The molecule has 0 saturated heterocycles. The Balaban J connectivity index is 1.30. The second-order valence-electron chi connectivity index (χ2n) is 11.6. The third kappa shape index (κ3) is 7.54. The van der Waals surface area contributed by atoms with Crippen molar-refractivity contribution in [1.82, 2.24) is 24.3 Å². The molecule has 2 heterocycles. The van der Waals surface area contributed by atoms with E-state index in [1.54, 1.807) is 12.1 Å². The number of aromatic nitrogens is 5. The highest BCUT2D eigenvalue weighted by Gasteiger charge is 2.30. The summed E-state index contributed by atoms with van der Waals surface area (Å²) in [6, 6.07) is 18.8. The fraction of sp³-hybridized carbons (Fsp3) is 0.286. The molecule has 0 bridgehead atoms. The topological polar surface area (TPSA) is 82.7 Å². The molecule has 0 amide bonds. The Kier molecular flexibility index (Phi) is 9.40. The highest BCUT2D eigenvalue weighted by molar-refractivity contribution is 7.98. The summed E-state index contributed by atoms with van der Waals surface area (Å²) in [4.78, 5) is 29.2. The maximum Gasteiger partial charge on any atom is 0.416 e. The Labute approximate surface area is 272 Å². The Bertz CT molecular complexity index is 1950. The van der Waals surface area contributed by atoms with E-state index < -0.39 is 11.7 Å². The molecule has 2 aromatic heterocycles. The summed E-state index contributed by atoms with van der Waals surface area (Å²) in [6.45, 7) is 2.23. The number of benzene rings is 3. The monoisotopic (exact) mass is 661 g/mol. The van der Waals surface area contributed by atoms with Crippen molar-refractivity contribution in [3.05, 3.63) is 129 Å². The van der Waals surface area contributed by atoms with Crippen molar-refractivity contribution in [2.45, 2.75) is 69.2 Å². The van der Waals surface area contributed by atoms with E-state index in [0.29, 0.717) is 66.0 Å². The zero-order valence-corrected chi connectivity index (χ0v) is 26.4. The molecular weight excluding hydrogens is 630 g/mol. The van der Waals surface area contributed by atoms with E-state index in [2.05, 4.69) is 15.2 Å². The zero-order valence-electron chi connectivity index (χ0n) is 25.6. The van der Waals surface area contributed by atoms with Gasteiger partial charge in [-0.05, 0) is 72.7 Å². The van der Waals surface area contributed by atoms with Crippen molar-refractivity contribution in [1.29, 1.82) is 0 Å². The quantitative estimate of drug-likeness (QED) is 0.0857. The number of carbonyl (C=O) groups excluding carboxylic acids is 1. The minimum Gasteiger partial charge on any atom is -0.316 e. The molecule has 0 saturated carbocycles.